The van der Waals surface area contributed by atoms with Crippen LogP contribution in [0.25, 0.3) is 0 Å². The molecule has 16 heavy (non-hydrogen) atoms. The van der Waals surface area contributed by atoms with Gasteiger partial charge in [0.05, 0.1) is 12.6 Å². The standard InChI is InChI=1S/C12H24N2O2/c1-4-14(2)12(15)9-13-10-6-5-7-11(8-10)16-3/h10-11,13H,4-9H2,1-3H3. The van der Waals surface area contributed by atoms with E-state index in [1.807, 2.05) is 14.0 Å². The van der Waals surface area contributed by atoms with Crippen molar-refractivity contribution >= 4 is 5.91 Å². The molecule has 0 aromatic carbocycles. The first kappa shape index (κ1) is 13.5. The summed E-state index contributed by atoms with van der Waals surface area (Å²) in [4.78, 5) is 13.3. The Kier molecular flexibility index (Phi) is 5.77. The van der Waals surface area contributed by atoms with E-state index in [0.717, 1.165) is 25.8 Å². The summed E-state index contributed by atoms with van der Waals surface area (Å²) in [5, 5.41) is 3.33. The number of carbonyl (C=O) groups is 1. The molecule has 0 heterocycles. The number of carbonyl (C=O) groups excluding carboxylic acids is 1. The van der Waals surface area contributed by atoms with Crippen molar-refractivity contribution in [3.63, 3.8) is 0 Å². The van der Waals surface area contributed by atoms with Gasteiger partial charge in [0.1, 0.15) is 0 Å². The van der Waals surface area contributed by atoms with Crippen molar-refractivity contribution in [2.24, 2.45) is 0 Å². The lowest BCUT2D eigenvalue weighted by Crippen LogP contribution is -2.43. The SMILES string of the molecule is CCN(C)C(=O)CNC1CCCC(OC)C1. The van der Waals surface area contributed by atoms with Crippen LogP contribution in [0, 0.1) is 0 Å². The number of methoxy groups -OCH3 is 1. The van der Waals surface area contributed by atoms with Gasteiger partial charge in [0.2, 0.25) is 5.91 Å². The van der Waals surface area contributed by atoms with Gasteiger partial charge in [-0.15, -0.1) is 0 Å². The normalized spacial score (nSPS) is 25.4. The van der Waals surface area contributed by atoms with E-state index in [4.69, 9.17) is 4.74 Å². The summed E-state index contributed by atoms with van der Waals surface area (Å²) in [6.45, 7) is 3.21. The molecule has 4 heteroatoms. The highest BCUT2D eigenvalue weighted by atomic mass is 16.5. The lowest BCUT2D eigenvalue weighted by Gasteiger charge is -2.29. The fourth-order valence-corrected chi connectivity index (χ4v) is 2.09. The molecule has 1 fully saturated rings. The number of hydrogen-bond donors (Lipinski definition) is 1. The first-order chi connectivity index (χ1) is 7.67. The quantitative estimate of drug-likeness (QED) is 0.763. The molecule has 0 bridgehead atoms. The first-order valence-electron chi connectivity index (χ1n) is 6.17. The van der Waals surface area contributed by atoms with Crippen LogP contribution in [-0.2, 0) is 9.53 Å². The van der Waals surface area contributed by atoms with E-state index < -0.39 is 0 Å². The van der Waals surface area contributed by atoms with Gasteiger partial charge in [-0.2, -0.15) is 0 Å². The van der Waals surface area contributed by atoms with Crippen LogP contribution in [0.4, 0.5) is 0 Å². The minimum Gasteiger partial charge on any atom is -0.381 e. The van der Waals surface area contributed by atoms with Gasteiger partial charge < -0.3 is 15.0 Å². The van der Waals surface area contributed by atoms with E-state index in [0.29, 0.717) is 18.7 Å². The maximum atomic E-state index is 11.6. The van der Waals surface area contributed by atoms with Crippen molar-refractivity contribution in [1.82, 2.24) is 10.2 Å². The van der Waals surface area contributed by atoms with Crippen molar-refractivity contribution < 1.29 is 9.53 Å². The van der Waals surface area contributed by atoms with Crippen molar-refractivity contribution in [3.05, 3.63) is 0 Å². The van der Waals surface area contributed by atoms with Crippen LogP contribution in [0.15, 0.2) is 0 Å². The average Bonchev–Trinajstić information content (AvgIpc) is 2.35. The molecule has 94 valence electrons. The number of nitrogens with zero attached hydrogens (tertiary/aromatic N) is 1. The van der Waals surface area contributed by atoms with Gasteiger partial charge in [-0.3, -0.25) is 4.79 Å². The van der Waals surface area contributed by atoms with Crippen LogP contribution in [0.5, 0.6) is 0 Å². The zero-order valence-corrected chi connectivity index (χ0v) is 10.7. The molecule has 0 aromatic heterocycles. The summed E-state index contributed by atoms with van der Waals surface area (Å²) in [5.41, 5.74) is 0. The molecule has 1 rings (SSSR count). The monoisotopic (exact) mass is 228 g/mol. The summed E-state index contributed by atoms with van der Waals surface area (Å²) in [6.07, 6.45) is 4.89. The highest BCUT2D eigenvalue weighted by Crippen LogP contribution is 2.20. The van der Waals surface area contributed by atoms with Gasteiger partial charge >= 0.3 is 0 Å². The van der Waals surface area contributed by atoms with Crippen LogP contribution in [0.1, 0.15) is 32.6 Å². The Morgan fingerprint density at radius 3 is 2.88 bits per heavy atom. The first-order valence-corrected chi connectivity index (χ1v) is 6.17. The van der Waals surface area contributed by atoms with Crippen LogP contribution < -0.4 is 5.32 Å². The summed E-state index contributed by atoms with van der Waals surface area (Å²) < 4.78 is 5.36. The Balaban J connectivity index is 2.24. The third-order valence-electron chi connectivity index (χ3n) is 3.40. The zero-order valence-electron chi connectivity index (χ0n) is 10.7. The molecule has 0 aliphatic heterocycles. The van der Waals surface area contributed by atoms with Crippen molar-refractivity contribution in [1.29, 1.82) is 0 Å². The highest BCUT2D eigenvalue weighted by Gasteiger charge is 2.21. The molecule has 0 radical (unpaired) electrons. The molecule has 1 N–H and O–H groups in total. The second kappa shape index (κ2) is 6.86. The Hall–Kier alpha value is -0.610. The van der Waals surface area contributed by atoms with Crippen LogP contribution >= 0.6 is 0 Å². The van der Waals surface area contributed by atoms with Crippen LogP contribution in [0.2, 0.25) is 0 Å². The molecule has 0 saturated heterocycles. The molecule has 2 unspecified atom stereocenters. The Morgan fingerprint density at radius 2 is 2.25 bits per heavy atom. The van der Waals surface area contributed by atoms with E-state index in [1.165, 1.54) is 6.42 Å². The van der Waals surface area contributed by atoms with Crippen molar-refractivity contribution in [3.8, 4) is 0 Å². The van der Waals surface area contributed by atoms with E-state index >= 15 is 0 Å². The number of hydrogen-bond acceptors (Lipinski definition) is 3. The van der Waals surface area contributed by atoms with Gasteiger partial charge in [-0.05, 0) is 32.6 Å². The second-order valence-electron chi connectivity index (χ2n) is 4.51. The van der Waals surface area contributed by atoms with E-state index in [9.17, 15) is 4.79 Å². The Bertz CT molecular complexity index is 221. The zero-order chi connectivity index (χ0) is 12.0. The van der Waals surface area contributed by atoms with Gasteiger partial charge in [0.25, 0.3) is 0 Å². The van der Waals surface area contributed by atoms with E-state index in [-0.39, 0.29) is 5.91 Å². The van der Waals surface area contributed by atoms with E-state index in [2.05, 4.69) is 5.32 Å². The number of amides is 1. The predicted octanol–water partition coefficient (Wildman–Crippen LogP) is 1.01. The number of nitrogens with one attached hydrogen (secondary N) is 1. The lowest BCUT2D eigenvalue weighted by atomic mass is 9.93. The maximum absolute atomic E-state index is 11.6. The van der Waals surface area contributed by atoms with Crippen molar-refractivity contribution in [2.45, 2.75) is 44.8 Å². The van der Waals surface area contributed by atoms with Crippen LogP contribution in [-0.4, -0.2) is 50.2 Å². The molecular formula is C12H24N2O2. The molecule has 1 aliphatic rings. The maximum Gasteiger partial charge on any atom is 0.236 e. The highest BCUT2D eigenvalue weighted by molar-refractivity contribution is 5.77. The minimum atomic E-state index is 0.169. The van der Waals surface area contributed by atoms with Gasteiger partial charge in [0.15, 0.2) is 0 Å². The third-order valence-corrected chi connectivity index (χ3v) is 3.40. The predicted molar refractivity (Wildman–Crippen MR) is 64.4 cm³/mol. The minimum absolute atomic E-state index is 0.169. The van der Waals surface area contributed by atoms with Gasteiger partial charge in [-0.1, -0.05) is 0 Å². The number of likely N-dealkylation sites (N-methyl/N-ethyl adjacent to an activating group) is 1. The fourth-order valence-electron chi connectivity index (χ4n) is 2.09. The summed E-state index contributed by atoms with van der Waals surface area (Å²) >= 11 is 0. The Morgan fingerprint density at radius 1 is 1.50 bits per heavy atom. The third kappa shape index (κ3) is 4.10. The van der Waals surface area contributed by atoms with Gasteiger partial charge in [-0.25, -0.2) is 0 Å². The topological polar surface area (TPSA) is 41.6 Å². The largest absolute Gasteiger partial charge is 0.381 e. The smallest absolute Gasteiger partial charge is 0.236 e. The molecule has 1 aliphatic carbocycles. The lowest BCUT2D eigenvalue weighted by molar-refractivity contribution is -0.129. The fraction of sp³-hybridized carbons (Fsp3) is 0.917. The van der Waals surface area contributed by atoms with E-state index in [1.54, 1.807) is 12.0 Å². The molecule has 0 spiro atoms. The number of ether oxygens (including phenoxy) is 1. The Labute approximate surface area is 98.3 Å². The molecule has 2 atom stereocenters. The molecule has 1 amide bonds. The van der Waals surface area contributed by atoms with Crippen molar-refractivity contribution in [2.75, 3.05) is 27.2 Å². The molecule has 1 saturated carbocycles. The second-order valence-corrected chi connectivity index (χ2v) is 4.51. The average molecular weight is 228 g/mol. The molecule has 4 nitrogen and oxygen atoms in total. The van der Waals surface area contributed by atoms with Crippen LogP contribution in [0.3, 0.4) is 0 Å². The summed E-state index contributed by atoms with van der Waals surface area (Å²) in [7, 11) is 3.60. The molecular weight excluding hydrogens is 204 g/mol. The number of rotatable bonds is 5. The van der Waals surface area contributed by atoms with Gasteiger partial charge in [0, 0.05) is 26.7 Å². The molecule has 0 aromatic rings. The summed E-state index contributed by atoms with van der Waals surface area (Å²) in [5.74, 6) is 0.169. The summed E-state index contributed by atoms with van der Waals surface area (Å²) in [6, 6.07) is 0.438.